The lowest BCUT2D eigenvalue weighted by molar-refractivity contribution is 1.51. The SMILES string of the molecule is CNc1ccc2c3c(C#N)ccc4cccc(c5ccc(N)c1c52)c43. The second-order valence-electron chi connectivity index (χ2n) is 6.37. The van der Waals surface area contributed by atoms with E-state index in [0.717, 1.165) is 49.1 Å². The van der Waals surface area contributed by atoms with Crippen LogP contribution in [0.25, 0.3) is 43.1 Å². The number of hydrogen-bond donors (Lipinski definition) is 2. The number of rotatable bonds is 1. The van der Waals surface area contributed by atoms with Gasteiger partial charge in [0.1, 0.15) is 0 Å². The van der Waals surface area contributed by atoms with E-state index < -0.39 is 0 Å². The van der Waals surface area contributed by atoms with Gasteiger partial charge in [0.05, 0.1) is 11.6 Å². The Morgan fingerprint density at radius 1 is 0.800 bits per heavy atom. The van der Waals surface area contributed by atoms with E-state index in [1.807, 2.05) is 31.3 Å². The molecule has 0 amide bonds. The summed E-state index contributed by atoms with van der Waals surface area (Å²) in [4.78, 5) is 0. The highest BCUT2D eigenvalue weighted by Gasteiger charge is 2.17. The van der Waals surface area contributed by atoms with Crippen molar-refractivity contribution in [1.29, 1.82) is 5.26 Å². The molecule has 3 nitrogen and oxygen atoms in total. The van der Waals surface area contributed by atoms with Crippen LogP contribution in [0.15, 0.2) is 54.6 Å². The van der Waals surface area contributed by atoms with E-state index in [9.17, 15) is 5.26 Å². The van der Waals surface area contributed by atoms with E-state index >= 15 is 0 Å². The Morgan fingerprint density at radius 2 is 1.60 bits per heavy atom. The summed E-state index contributed by atoms with van der Waals surface area (Å²) in [6.07, 6.45) is 0. The van der Waals surface area contributed by atoms with Gasteiger partial charge in [-0.05, 0) is 45.1 Å². The maximum Gasteiger partial charge on any atom is 0.0998 e. The lowest BCUT2D eigenvalue weighted by Gasteiger charge is -2.18. The minimum atomic E-state index is 0.700. The zero-order valence-corrected chi connectivity index (χ0v) is 13.7. The fourth-order valence-corrected chi connectivity index (χ4v) is 4.14. The summed E-state index contributed by atoms with van der Waals surface area (Å²) in [5, 5.41) is 21.8. The molecule has 0 unspecified atom stereocenters. The van der Waals surface area contributed by atoms with E-state index in [1.165, 1.54) is 5.39 Å². The molecular formula is C22H15N3. The summed E-state index contributed by atoms with van der Waals surface area (Å²) in [6.45, 7) is 0. The maximum atomic E-state index is 9.70. The fourth-order valence-electron chi connectivity index (χ4n) is 4.14. The molecule has 0 atom stereocenters. The van der Waals surface area contributed by atoms with Crippen LogP contribution in [-0.2, 0) is 0 Å². The first-order valence-corrected chi connectivity index (χ1v) is 8.24. The van der Waals surface area contributed by atoms with Crippen LogP contribution in [0.2, 0.25) is 0 Å². The van der Waals surface area contributed by atoms with Gasteiger partial charge in [-0.2, -0.15) is 5.26 Å². The third-order valence-electron chi connectivity index (χ3n) is 5.19. The standard InChI is InChI=1S/C22H15N3/c1-25-18-10-8-16-20-13(11-23)6-5-12-3-2-4-14(19(12)20)15-7-9-17(24)22(18)21(15)16/h2-10,25H,24H2,1H3. The summed E-state index contributed by atoms with van der Waals surface area (Å²) >= 11 is 0. The first kappa shape index (κ1) is 13.9. The lowest BCUT2D eigenvalue weighted by atomic mass is 9.87. The van der Waals surface area contributed by atoms with Crippen molar-refractivity contribution in [2.45, 2.75) is 0 Å². The fraction of sp³-hybridized carbons (Fsp3) is 0.0455. The van der Waals surface area contributed by atoms with Crippen LogP contribution in [0.1, 0.15) is 5.56 Å². The van der Waals surface area contributed by atoms with Gasteiger partial charge < -0.3 is 11.1 Å². The molecule has 0 aliphatic heterocycles. The molecule has 5 rings (SSSR count). The molecule has 0 spiro atoms. The van der Waals surface area contributed by atoms with Crippen LogP contribution in [0, 0.1) is 11.3 Å². The lowest BCUT2D eigenvalue weighted by Crippen LogP contribution is -1.97. The highest BCUT2D eigenvalue weighted by Crippen LogP contribution is 2.44. The van der Waals surface area contributed by atoms with Crippen molar-refractivity contribution in [3.05, 3.63) is 60.2 Å². The Hall–Kier alpha value is -3.51. The molecule has 0 fully saturated rings. The minimum Gasteiger partial charge on any atom is -0.398 e. The van der Waals surface area contributed by atoms with Gasteiger partial charge in [0.15, 0.2) is 0 Å². The smallest absolute Gasteiger partial charge is 0.0998 e. The van der Waals surface area contributed by atoms with Crippen molar-refractivity contribution in [3.8, 4) is 6.07 Å². The van der Waals surface area contributed by atoms with Crippen molar-refractivity contribution in [3.63, 3.8) is 0 Å². The van der Waals surface area contributed by atoms with Crippen LogP contribution >= 0.6 is 0 Å². The highest BCUT2D eigenvalue weighted by atomic mass is 14.8. The van der Waals surface area contributed by atoms with Crippen LogP contribution < -0.4 is 11.1 Å². The number of hydrogen-bond acceptors (Lipinski definition) is 3. The molecule has 118 valence electrons. The van der Waals surface area contributed by atoms with Gasteiger partial charge >= 0.3 is 0 Å². The van der Waals surface area contributed by atoms with E-state index in [1.54, 1.807) is 0 Å². The van der Waals surface area contributed by atoms with Gasteiger partial charge in [-0.15, -0.1) is 0 Å². The zero-order chi connectivity index (χ0) is 17.1. The van der Waals surface area contributed by atoms with E-state index in [2.05, 4.69) is 41.7 Å². The Labute approximate surface area is 144 Å². The predicted octanol–water partition coefficient (Wildman–Crippen LogP) is 5.23. The summed E-state index contributed by atoms with van der Waals surface area (Å²) < 4.78 is 0. The Morgan fingerprint density at radius 3 is 2.40 bits per heavy atom. The number of nitrogens with one attached hydrogen (secondary N) is 1. The molecule has 0 saturated carbocycles. The number of fused-ring (bicyclic) bond motifs is 2. The van der Waals surface area contributed by atoms with Gasteiger partial charge in [-0.1, -0.05) is 36.4 Å². The summed E-state index contributed by atoms with van der Waals surface area (Å²) in [5.74, 6) is 0. The van der Waals surface area contributed by atoms with Crippen molar-refractivity contribution < 1.29 is 0 Å². The molecule has 0 radical (unpaired) electrons. The third-order valence-corrected chi connectivity index (χ3v) is 5.19. The van der Waals surface area contributed by atoms with Crippen molar-refractivity contribution in [1.82, 2.24) is 0 Å². The van der Waals surface area contributed by atoms with E-state index in [0.29, 0.717) is 5.56 Å². The molecule has 3 heteroatoms. The van der Waals surface area contributed by atoms with Crippen molar-refractivity contribution in [2.24, 2.45) is 0 Å². The molecule has 25 heavy (non-hydrogen) atoms. The summed E-state index contributed by atoms with van der Waals surface area (Å²) in [5.41, 5.74) is 8.78. The zero-order valence-electron chi connectivity index (χ0n) is 13.7. The molecule has 0 aliphatic rings. The molecule has 0 saturated heterocycles. The topological polar surface area (TPSA) is 61.8 Å². The minimum absolute atomic E-state index is 0.700. The van der Waals surface area contributed by atoms with Crippen LogP contribution in [0.5, 0.6) is 0 Å². The Kier molecular flexibility index (Phi) is 2.64. The number of nitrogen functional groups attached to an aromatic ring is 1. The van der Waals surface area contributed by atoms with Crippen LogP contribution in [-0.4, -0.2) is 7.05 Å². The van der Waals surface area contributed by atoms with E-state index in [4.69, 9.17) is 5.73 Å². The second kappa shape index (κ2) is 4.75. The maximum absolute atomic E-state index is 9.70. The molecule has 0 aromatic heterocycles. The average Bonchev–Trinajstić information content (AvgIpc) is 2.66. The third kappa shape index (κ3) is 1.63. The molecule has 5 aromatic rings. The normalized spacial score (nSPS) is 11.5. The summed E-state index contributed by atoms with van der Waals surface area (Å²) in [7, 11) is 1.90. The molecule has 0 aliphatic carbocycles. The van der Waals surface area contributed by atoms with Crippen molar-refractivity contribution >= 4 is 54.5 Å². The monoisotopic (exact) mass is 321 g/mol. The number of nitriles is 1. The molecule has 3 N–H and O–H groups in total. The first-order chi connectivity index (χ1) is 12.2. The van der Waals surface area contributed by atoms with Gasteiger partial charge in [0.25, 0.3) is 0 Å². The number of anilines is 2. The Balaban J connectivity index is 2.26. The number of benzene rings is 5. The van der Waals surface area contributed by atoms with Crippen LogP contribution in [0.3, 0.4) is 0 Å². The van der Waals surface area contributed by atoms with Crippen molar-refractivity contribution in [2.75, 3.05) is 18.1 Å². The highest BCUT2D eigenvalue weighted by molar-refractivity contribution is 6.36. The largest absolute Gasteiger partial charge is 0.398 e. The Bertz CT molecular complexity index is 1340. The molecule has 0 bridgehead atoms. The van der Waals surface area contributed by atoms with Gasteiger partial charge in [-0.3, -0.25) is 0 Å². The van der Waals surface area contributed by atoms with Gasteiger partial charge in [0, 0.05) is 34.6 Å². The molecule has 5 aromatic carbocycles. The first-order valence-electron chi connectivity index (χ1n) is 8.24. The summed E-state index contributed by atoms with van der Waals surface area (Å²) in [6, 6.07) is 20.8. The second-order valence-corrected chi connectivity index (χ2v) is 6.37. The molecule has 0 heterocycles. The number of nitrogens with two attached hydrogens (primary N) is 1. The number of nitrogens with zero attached hydrogens (tertiary/aromatic N) is 1. The van der Waals surface area contributed by atoms with Gasteiger partial charge in [0.2, 0.25) is 0 Å². The average molecular weight is 321 g/mol. The quantitative estimate of drug-likeness (QED) is 0.252. The van der Waals surface area contributed by atoms with Gasteiger partial charge in [-0.25, -0.2) is 0 Å². The van der Waals surface area contributed by atoms with E-state index in [-0.39, 0.29) is 0 Å². The molecular weight excluding hydrogens is 306 g/mol. The predicted molar refractivity (Wildman–Crippen MR) is 106 cm³/mol. The van der Waals surface area contributed by atoms with Crippen LogP contribution in [0.4, 0.5) is 11.4 Å².